The van der Waals surface area contributed by atoms with Crippen LogP contribution in [0.2, 0.25) is 0 Å². The van der Waals surface area contributed by atoms with E-state index in [2.05, 4.69) is 4.98 Å². The van der Waals surface area contributed by atoms with Crippen LogP contribution in [-0.4, -0.2) is 46.2 Å². The van der Waals surface area contributed by atoms with Gasteiger partial charge in [-0.05, 0) is 30.5 Å². The summed E-state index contributed by atoms with van der Waals surface area (Å²) in [6, 6.07) is 3.79. The molecule has 0 aliphatic carbocycles. The lowest BCUT2D eigenvalue weighted by Crippen LogP contribution is -2.36. The molecular formula is C17H25N3O2. The second-order valence-electron chi connectivity index (χ2n) is 5.84. The highest BCUT2D eigenvalue weighted by atomic mass is 16.2. The van der Waals surface area contributed by atoms with Crippen molar-refractivity contribution in [3.05, 3.63) is 30.1 Å². The average molecular weight is 303 g/mol. The van der Waals surface area contributed by atoms with E-state index in [-0.39, 0.29) is 11.8 Å². The predicted octanol–water partition coefficient (Wildman–Crippen LogP) is 2.22. The molecule has 0 unspecified atom stereocenters. The van der Waals surface area contributed by atoms with E-state index in [1.165, 1.54) is 12.8 Å². The number of hydrogen-bond donors (Lipinski definition) is 0. The minimum absolute atomic E-state index is 0.000443. The first kappa shape index (κ1) is 16.5. The van der Waals surface area contributed by atoms with E-state index in [9.17, 15) is 9.59 Å². The summed E-state index contributed by atoms with van der Waals surface area (Å²) in [5, 5.41) is 0. The quantitative estimate of drug-likeness (QED) is 0.838. The molecule has 1 aliphatic rings. The molecule has 0 atom stereocenters. The van der Waals surface area contributed by atoms with E-state index in [0.717, 1.165) is 31.5 Å². The molecule has 1 aliphatic heterocycles. The molecule has 0 spiro atoms. The van der Waals surface area contributed by atoms with E-state index in [1.807, 2.05) is 17.0 Å². The second-order valence-corrected chi connectivity index (χ2v) is 5.84. The van der Waals surface area contributed by atoms with Gasteiger partial charge in [-0.25, -0.2) is 0 Å². The van der Waals surface area contributed by atoms with E-state index >= 15 is 0 Å². The summed E-state index contributed by atoms with van der Waals surface area (Å²) in [5.74, 6) is 0.170. The van der Waals surface area contributed by atoms with Crippen LogP contribution in [0.3, 0.4) is 0 Å². The maximum Gasteiger partial charge on any atom is 0.224 e. The molecule has 0 N–H and O–H groups in total. The fraction of sp³-hybridized carbons (Fsp3) is 0.588. The summed E-state index contributed by atoms with van der Waals surface area (Å²) in [5.41, 5.74) is 1.03. The van der Waals surface area contributed by atoms with Crippen LogP contribution in [0, 0.1) is 0 Å². The number of hydrogen-bond acceptors (Lipinski definition) is 3. The molecule has 22 heavy (non-hydrogen) atoms. The Kier molecular flexibility index (Phi) is 6.37. The summed E-state index contributed by atoms with van der Waals surface area (Å²) in [7, 11) is 0. The molecule has 1 saturated heterocycles. The van der Waals surface area contributed by atoms with E-state index in [4.69, 9.17) is 0 Å². The van der Waals surface area contributed by atoms with Gasteiger partial charge in [0, 0.05) is 51.9 Å². The Hall–Kier alpha value is -1.91. The van der Waals surface area contributed by atoms with Crippen molar-refractivity contribution in [2.24, 2.45) is 0 Å². The van der Waals surface area contributed by atoms with Crippen LogP contribution in [0.5, 0.6) is 0 Å². The molecule has 5 nitrogen and oxygen atoms in total. The summed E-state index contributed by atoms with van der Waals surface area (Å²) < 4.78 is 0. The topological polar surface area (TPSA) is 53.5 Å². The number of amides is 2. The van der Waals surface area contributed by atoms with Crippen molar-refractivity contribution in [3.8, 4) is 0 Å². The van der Waals surface area contributed by atoms with E-state index in [0.29, 0.717) is 19.5 Å². The Morgan fingerprint density at radius 3 is 2.36 bits per heavy atom. The van der Waals surface area contributed by atoms with Crippen molar-refractivity contribution in [2.45, 2.75) is 45.6 Å². The fourth-order valence-electron chi connectivity index (χ4n) is 2.77. The SMILES string of the molecule is CC(=O)N(CCC(=O)N1CCCCCC1)Cc1ccncc1. The Morgan fingerprint density at radius 1 is 1.14 bits per heavy atom. The zero-order valence-electron chi connectivity index (χ0n) is 13.3. The molecule has 5 heteroatoms. The monoisotopic (exact) mass is 303 g/mol. The van der Waals surface area contributed by atoms with E-state index in [1.54, 1.807) is 24.2 Å². The van der Waals surface area contributed by atoms with Crippen molar-refractivity contribution in [2.75, 3.05) is 19.6 Å². The van der Waals surface area contributed by atoms with Crippen LogP contribution in [0.25, 0.3) is 0 Å². The molecule has 1 aromatic rings. The number of aromatic nitrogens is 1. The van der Waals surface area contributed by atoms with Crippen LogP contribution >= 0.6 is 0 Å². The molecule has 2 heterocycles. The molecule has 120 valence electrons. The average Bonchev–Trinajstić information content (AvgIpc) is 2.81. The van der Waals surface area contributed by atoms with Gasteiger partial charge in [0.25, 0.3) is 0 Å². The standard InChI is InChI=1S/C17H25N3O2/c1-15(21)20(14-16-6-9-18-10-7-16)13-8-17(22)19-11-4-2-3-5-12-19/h6-7,9-10H,2-5,8,11-14H2,1H3. The highest BCUT2D eigenvalue weighted by molar-refractivity contribution is 5.78. The molecular weight excluding hydrogens is 278 g/mol. The first-order valence-electron chi connectivity index (χ1n) is 8.09. The Labute approximate surface area is 132 Å². The lowest BCUT2D eigenvalue weighted by Gasteiger charge is -2.24. The van der Waals surface area contributed by atoms with Crippen molar-refractivity contribution in [1.29, 1.82) is 0 Å². The van der Waals surface area contributed by atoms with Crippen LogP contribution in [-0.2, 0) is 16.1 Å². The normalized spacial score (nSPS) is 15.2. The predicted molar refractivity (Wildman–Crippen MR) is 85.0 cm³/mol. The van der Waals surface area contributed by atoms with Crippen molar-refractivity contribution in [3.63, 3.8) is 0 Å². The molecule has 1 fully saturated rings. The number of nitrogens with zero attached hydrogens (tertiary/aromatic N) is 3. The smallest absolute Gasteiger partial charge is 0.224 e. The minimum Gasteiger partial charge on any atom is -0.343 e. The van der Waals surface area contributed by atoms with Gasteiger partial charge in [-0.3, -0.25) is 14.6 Å². The third kappa shape index (κ3) is 5.13. The molecule has 0 radical (unpaired) electrons. The number of rotatable bonds is 5. The Bertz CT molecular complexity index is 482. The van der Waals surface area contributed by atoms with Crippen LogP contribution in [0.15, 0.2) is 24.5 Å². The molecule has 0 aromatic carbocycles. The van der Waals surface area contributed by atoms with Crippen LogP contribution in [0.4, 0.5) is 0 Å². The molecule has 1 aromatic heterocycles. The minimum atomic E-state index is 0.000443. The highest BCUT2D eigenvalue weighted by Crippen LogP contribution is 2.11. The van der Waals surface area contributed by atoms with Crippen molar-refractivity contribution < 1.29 is 9.59 Å². The largest absolute Gasteiger partial charge is 0.343 e. The first-order chi connectivity index (χ1) is 10.7. The van der Waals surface area contributed by atoms with Crippen molar-refractivity contribution in [1.82, 2.24) is 14.8 Å². The maximum absolute atomic E-state index is 12.3. The second kappa shape index (κ2) is 8.51. The Balaban J connectivity index is 1.85. The van der Waals surface area contributed by atoms with Gasteiger partial charge in [-0.1, -0.05) is 12.8 Å². The van der Waals surface area contributed by atoms with Gasteiger partial charge in [0.05, 0.1) is 0 Å². The lowest BCUT2D eigenvalue weighted by molar-refractivity contribution is -0.133. The first-order valence-corrected chi connectivity index (χ1v) is 8.09. The maximum atomic E-state index is 12.3. The van der Waals surface area contributed by atoms with Gasteiger partial charge in [0.2, 0.25) is 11.8 Å². The van der Waals surface area contributed by atoms with Crippen LogP contribution < -0.4 is 0 Å². The summed E-state index contributed by atoms with van der Waals surface area (Å²) >= 11 is 0. The van der Waals surface area contributed by atoms with Gasteiger partial charge in [-0.15, -0.1) is 0 Å². The zero-order valence-corrected chi connectivity index (χ0v) is 13.3. The van der Waals surface area contributed by atoms with Gasteiger partial charge in [-0.2, -0.15) is 0 Å². The summed E-state index contributed by atoms with van der Waals surface area (Å²) in [4.78, 5) is 31.7. The van der Waals surface area contributed by atoms with Crippen LogP contribution in [0.1, 0.15) is 44.6 Å². The number of carbonyl (C=O) groups excluding carboxylic acids is 2. The van der Waals surface area contributed by atoms with Gasteiger partial charge >= 0.3 is 0 Å². The molecule has 0 bridgehead atoms. The third-order valence-electron chi connectivity index (χ3n) is 4.12. The molecule has 0 saturated carbocycles. The highest BCUT2D eigenvalue weighted by Gasteiger charge is 2.17. The number of likely N-dealkylation sites (tertiary alicyclic amines) is 1. The lowest BCUT2D eigenvalue weighted by atomic mass is 10.2. The Morgan fingerprint density at radius 2 is 1.77 bits per heavy atom. The number of pyridine rings is 1. The van der Waals surface area contributed by atoms with Crippen molar-refractivity contribution >= 4 is 11.8 Å². The van der Waals surface area contributed by atoms with E-state index < -0.39 is 0 Å². The third-order valence-corrected chi connectivity index (χ3v) is 4.12. The van der Waals surface area contributed by atoms with Gasteiger partial charge < -0.3 is 9.80 Å². The molecule has 2 amide bonds. The summed E-state index contributed by atoms with van der Waals surface area (Å²) in [6.45, 7) is 4.29. The van der Waals surface area contributed by atoms with Gasteiger partial charge in [0.15, 0.2) is 0 Å². The summed E-state index contributed by atoms with van der Waals surface area (Å²) in [6.07, 6.45) is 8.46. The fourth-order valence-corrected chi connectivity index (χ4v) is 2.77. The number of carbonyl (C=O) groups is 2. The zero-order chi connectivity index (χ0) is 15.8. The van der Waals surface area contributed by atoms with Gasteiger partial charge in [0.1, 0.15) is 0 Å². The molecule has 2 rings (SSSR count).